The van der Waals surface area contributed by atoms with Gasteiger partial charge in [-0.2, -0.15) is 0 Å². The van der Waals surface area contributed by atoms with Gasteiger partial charge in [0, 0.05) is 31.7 Å². The second-order valence-electron chi connectivity index (χ2n) is 5.51. The van der Waals surface area contributed by atoms with E-state index >= 15 is 0 Å². The molecule has 0 bridgehead atoms. The molecular weight excluding hydrogens is 186 g/mol. The summed E-state index contributed by atoms with van der Waals surface area (Å²) in [7, 11) is 4.42. The average Bonchev–Trinajstić information content (AvgIpc) is 2.15. The monoisotopic (exact) mass is 211 g/mol. The summed E-state index contributed by atoms with van der Waals surface area (Å²) >= 11 is 0. The predicted octanol–water partition coefficient (Wildman–Crippen LogP) is 0.750. The van der Waals surface area contributed by atoms with Gasteiger partial charge in [0.2, 0.25) is 0 Å². The van der Waals surface area contributed by atoms with Gasteiger partial charge in [-0.05, 0) is 26.4 Å². The Morgan fingerprint density at radius 3 is 2.60 bits per heavy atom. The topological polar surface area (TPSA) is 32.5 Å². The minimum absolute atomic E-state index is 0.378. The van der Waals surface area contributed by atoms with Crippen LogP contribution in [0.5, 0.6) is 0 Å². The zero-order valence-electron chi connectivity index (χ0n) is 10.2. The Morgan fingerprint density at radius 2 is 2.00 bits per heavy atom. The summed E-state index contributed by atoms with van der Waals surface area (Å²) in [4.78, 5) is 4.86. The van der Waals surface area contributed by atoms with E-state index in [1.165, 1.54) is 38.8 Å². The van der Waals surface area contributed by atoms with Gasteiger partial charge in [-0.15, -0.1) is 0 Å². The van der Waals surface area contributed by atoms with Crippen LogP contribution in [0.2, 0.25) is 0 Å². The van der Waals surface area contributed by atoms with Gasteiger partial charge in [-0.1, -0.05) is 19.3 Å². The Morgan fingerprint density at radius 1 is 1.27 bits per heavy atom. The maximum absolute atomic E-state index is 6.34. The molecule has 2 unspecified atom stereocenters. The Bertz CT molecular complexity index is 203. The van der Waals surface area contributed by atoms with Crippen LogP contribution in [0.3, 0.4) is 0 Å². The first-order valence-electron chi connectivity index (χ1n) is 6.31. The Labute approximate surface area is 93.6 Å². The molecule has 2 rings (SSSR count). The van der Waals surface area contributed by atoms with E-state index in [1.807, 2.05) is 0 Å². The zero-order valence-corrected chi connectivity index (χ0v) is 10.2. The van der Waals surface area contributed by atoms with Crippen LogP contribution >= 0.6 is 0 Å². The van der Waals surface area contributed by atoms with E-state index in [9.17, 15) is 0 Å². The zero-order chi connectivity index (χ0) is 10.8. The molecule has 1 saturated carbocycles. The van der Waals surface area contributed by atoms with E-state index in [0.29, 0.717) is 12.1 Å². The summed E-state index contributed by atoms with van der Waals surface area (Å²) < 4.78 is 0. The second kappa shape index (κ2) is 4.81. The predicted molar refractivity (Wildman–Crippen MR) is 63.8 cm³/mol. The molecule has 0 spiro atoms. The van der Waals surface area contributed by atoms with Crippen molar-refractivity contribution in [1.29, 1.82) is 0 Å². The summed E-state index contributed by atoms with van der Waals surface area (Å²) in [6.45, 7) is 3.49. The van der Waals surface area contributed by atoms with Crippen LogP contribution in [0.25, 0.3) is 0 Å². The highest BCUT2D eigenvalue weighted by molar-refractivity contribution is 4.89. The van der Waals surface area contributed by atoms with Crippen molar-refractivity contribution in [1.82, 2.24) is 9.80 Å². The van der Waals surface area contributed by atoms with Gasteiger partial charge in [0.05, 0.1) is 0 Å². The van der Waals surface area contributed by atoms with Crippen LogP contribution in [-0.4, -0.2) is 55.6 Å². The molecule has 0 aromatic heterocycles. The maximum atomic E-state index is 6.34. The van der Waals surface area contributed by atoms with Crippen LogP contribution < -0.4 is 5.73 Å². The minimum atomic E-state index is 0.378. The van der Waals surface area contributed by atoms with Crippen molar-refractivity contribution in [3.8, 4) is 0 Å². The molecule has 1 aliphatic heterocycles. The number of piperazine rings is 1. The smallest absolute Gasteiger partial charge is 0.0371 e. The number of likely N-dealkylation sites (N-methyl/N-ethyl adjacent to an activating group) is 2. The molecular formula is C12H25N3. The van der Waals surface area contributed by atoms with Crippen LogP contribution in [-0.2, 0) is 0 Å². The summed E-state index contributed by atoms with van der Waals surface area (Å²) in [6, 6.07) is 0.951. The lowest BCUT2D eigenvalue weighted by atomic mass is 9.79. The highest BCUT2D eigenvalue weighted by atomic mass is 15.3. The van der Waals surface area contributed by atoms with Gasteiger partial charge >= 0.3 is 0 Å². The highest BCUT2D eigenvalue weighted by Gasteiger charge is 2.30. The van der Waals surface area contributed by atoms with Gasteiger partial charge < -0.3 is 10.6 Å². The number of rotatable bonds is 3. The first-order chi connectivity index (χ1) is 7.16. The van der Waals surface area contributed by atoms with Gasteiger partial charge in [0.1, 0.15) is 0 Å². The van der Waals surface area contributed by atoms with Crippen molar-refractivity contribution in [2.24, 2.45) is 11.7 Å². The standard InChI is InChI=1S/C12H25N3/c1-14-6-7-15(2)12(9-14)11(13)8-10-4-3-5-10/h10-12H,3-9,13H2,1-2H3. The highest BCUT2D eigenvalue weighted by Crippen LogP contribution is 2.31. The number of nitrogens with zero attached hydrogens (tertiary/aromatic N) is 2. The lowest BCUT2D eigenvalue weighted by molar-refractivity contribution is 0.0858. The van der Waals surface area contributed by atoms with E-state index in [1.54, 1.807) is 0 Å². The minimum Gasteiger partial charge on any atom is -0.326 e. The molecule has 0 amide bonds. The summed E-state index contributed by atoms with van der Waals surface area (Å²) in [5.74, 6) is 0.931. The van der Waals surface area contributed by atoms with Gasteiger partial charge in [0.15, 0.2) is 0 Å². The first kappa shape index (κ1) is 11.4. The lowest BCUT2D eigenvalue weighted by Crippen LogP contribution is -2.58. The molecule has 1 saturated heterocycles. The molecule has 15 heavy (non-hydrogen) atoms. The number of nitrogens with two attached hydrogens (primary N) is 1. The normalized spacial score (nSPS) is 32.6. The van der Waals surface area contributed by atoms with E-state index in [4.69, 9.17) is 5.73 Å². The van der Waals surface area contributed by atoms with Crippen molar-refractivity contribution in [2.45, 2.75) is 37.8 Å². The summed E-state index contributed by atoms with van der Waals surface area (Å²) in [5.41, 5.74) is 6.34. The molecule has 0 aromatic carbocycles. The molecule has 2 N–H and O–H groups in total. The quantitative estimate of drug-likeness (QED) is 0.748. The molecule has 1 aliphatic carbocycles. The van der Waals surface area contributed by atoms with Gasteiger partial charge in [-0.3, -0.25) is 4.90 Å². The summed E-state index contributed by atoms with van der Waals surface area (Å²) in [6.07, 6.45) is 5.50. The van der Waals surface area contributed by atoms with Crippen molar-refractivity contribution in [3.63, 3.8) is 0 Å². The third-order valence-electron chi connectivity index (χ3n) is 4.22. The third kappa shape index (κ3) is 2.71. The Hall–Kier alpha value is -0.120. The molecule has 0 aromatic rings. The van der Waals surface area contributed by atoms with Crippen molar-refractivity contribution in [3.05, 3.63) is 0 Å². The fourth-order valence-corrected chi connectivity index (χ4v) is 2.78. The fraction of sp³-hybridized carbons (Fsp3) is 1.00. The molecule has 2 aliphatic rings. The molecule has 0 radical (unpaired) electrons. The van der Waals surface area contributed by atoms with Crippen LogP contribution in [0, 0.1) is 5.92 Å². The van der Waals surface area contributed by atoms with E-state index in [2.05, 4.69) is 23.9 Å². The first-order valence-corrected chi connectivity index (χ1v) is 6.31. The van der Waals surface area contributed by atoms with Gasteiger partial charge in [-0.25, -0.2) is 0 Å². The molecule has 2 fully saturated rings. The van der Waals surface area contributed by atoms with Crippen LogP contribution in [0.1, 0.15) is 25.7 Å². The van der Waals surface area contributed by atoms with Crippen molar-refractivity contribution < 1.29 is 0 Å². The largest absolute Gasteiger partial charge is 0.326 e. The molecule has 3 nitrogen and oxygen atoms in total. The molecule has 1 heterocycles. The van der Waals surface area contributed by atoms with Crippen molar-refractivity contribution >= 4 is 0 Å². The van der Waals surface area contributed by atoms with Crippen LogP contribution in [0.15, 0.2) is 0 Å². The second-order valence-corrected chi connectivity index (χ2v) is 5.51. The molecule has 2 atom stereocenters. The number of hydrogen-bond donors (Lipinski definition) is 1. The third-order valence-corrected chi connectivity index (χ3v) is 4.22. The number of hydrogen-bond acceptors (Lipinski definition) is 3. The van der Waals surface area contributed by atoms with E-state index in [0.717, 1.165) is 12.5 Å². The molecule has 3 heteroatoms. The van der Waals surface area contributed by atoms with Gasteiger partial charge in [0.25, 0.3) is 0 Å². The fourth-order valence-electron chi connectivity index (χ4n) is 2.78. The van der Waals surface area contributed by atoms with E-state index in [-0.39, 0.29) is 0 Å². The summed E-state index contributed by atoms with van der Waals surface area (Å²) in [5, 5.41) is 0. The maximum Gasteiger partial charge on any atom is 0.0371 e. The SMILES string of the molecule is CN1CCN(C)C(C(N)CC2CCC2)C1. The van der Waals surface area contributed by atoms with E-state index < -0.39 is 0 Å². The molecule has 88 valence electrons. The van der Waals surface area contributed by atoms with Crippen LogP contribution in [0.4, 0.5) is 0 Å². The average molecular weight is 211 g/mol. The van der Waals surface area contributed by atoms with Crippen molar-refractivity contribution in [2.75, 3.05) is 33.7 Å². The Balaban J connectivity index is 1.83. The Kier molecular flexibility index (Phi) is 3.65. The lowest BCUT2D eigenvalue weighted by Gasteiger charge is -2.42.